The fourth-order valence-electron chi connectivity index (χ4n) is 1.20. The molecule has 0 N–H and O–H groups in total. The zero-order chi connectivity index (χ0) is 13.9. The Balaban J connectivity index is 3.27. The highest BCUT2D eigenvalue weighted by Gasteiger charge is 2.20. The van der Waals surface area contributed by atoms with E-state index in [2.05, 4.69) is 0 Å². The van der Waals surface area contributed by atoms with Gasteiger partial charge in [0, 0.05) is 17.2 Å². The van der Waals surface area contributed by atoms with Crippen molar-refractivity contribution < 1.29 is 23.2 Å². The SMILES string of the molecule is C[S@](=O)c1ccc([S@](=O)CC(=O)[O-])c([N+](=O)[O-])c1. The van der Waals surface area contributed by atoms with Crippen LogP contribution >= 0.6 is 0 Å². The van der Waals surface area contributed by atoms with E-state index in [0.717, 1.165) is 12.1 Å². The van der Waals surface area contributed by atoms with Crippen molar-refractivity contribution in [3.8, 4) is 0 Å². The molecular formula is C9H8NO6S2-. The van der Waals surface area contributed by atoms with Crippen molar-refractivity contribution in [2.45, 2.75) is 9.79 Å². The number of rotatable bonds is 5. The number of aliphatic carboxylic acids is 1. The molecule has 1 aromatic carbocycles. The van der Waals surface area contributed by atoms with Gasteiger partial charge in [-0.3, -0.25) is 18.5 Å². The van der Waals surface area contributed by atoms with E-state index >= 15 is 0 Å². The van der Waals surface area contributed by atoms with Crippen LogP contribution in [0.4, 0.5) is 5.69 Å². The number of carbonyl (C=O) groups excluding carboxylic acids is 1. The number of hydrogen-bond donors (Lipinski definition) is 0. The summed E-state index contributed by atoms with van der Waals surface area (Å²) in [5.74, 6) is -2.39. The quantitative estimate of drug-likeness (QED) is 0.517. The van der Waals surface area contributed by atoms with Crippen LogP contribution in [0.2, 0.25) is 0 Å². The van der Waals surface area contributed by atoms with Crippen molar-refractivity contribution in [2.75, 3.05) is 12.0 Å². The van der Waals surface area contributed by atoms with Gasteiger partial charge in [-0.05, 0) is 12.1 Å². The summed E-state index contributed by atoms with van der Waals surface area (Å²) in [5, 5.41) is 21.1. The van der Waals surface area contributed by atoms with Gasteiger partial charge in [-0.1, -0.05) is 0 Å². The minimum atomic E-state index is -2.07. The molecule has 1 rings (SSSR count). The van der Waals surface area contributed by atoms with Gasteiger partial charge < -0.3 is 9.90 Å². The van der Waals surface area contributed by atoms with Crippen molar-refractivity contribution in [1.29, 1.82) is 0 Å². The normalized spacial score (nSPS) is 13.8. The van der Waals surface area contributed by atoms with Gasteiger partial charge in [0.15, 0.2) is 0 Å². The zero-order valence-electron chi connectivity index (χ0n) is 9.15. The summed E-state index contributed by atoms with van der Waals surface area (Å²) in [6, 6.07) is 3.48. The molecule has 0 amide bonds. The second-order valence-corrected chi connectivity index (χ2v) is 6.00. The Bertz CT molecular complexity index is 556. The lowest BCUT2D eigenvalue weighted by molar-refractivity contribution is -0.388. The first-order valence-corrected chi connectivity index (χ1v) is 7.40. The van der Waals surface area contributed by atoms with Crippen LogP contribution in [0.1, 0.15) is 0 Å². The first-order chi connectivity index (χ1) is 8.32. The fourth-order valence-corrected chi connectivity index (χ4v) is 2.69. The van der Waals surface area contributed by atoms with Gasteiger partial charge in [0.25, 0.3) is 5.69 Å². The van der Waals surface area contributed by atoms with Crippen LogP contribution < -0.4 is 5.11 Å². The van der Waals surface area contributed by atoms with E-state index in [0.29, 0.717) is 0 Å². The molecule has 0 heterocycles. The molecule has 0 aliphatic carbocycles. The Kier molecular flexibility index (Phi) is 4.68. The largest absolute Gasteiger partial charge is 0.549 e. The summed E-state index contributed by atoms with van der Waals surface area (Å²) >= 11 is 0. The molecule has 18 heavy (non-hydrogen) atoms. The average molecular weight is 290 g/mol. The number of hydrogen-bond acceptors (Lipinski definition) is 6. The van der Waals surface area contributed by atoms with E-state index in [1.165, 1.54) is 12.3 Å². The van der Waals surface area contributed by atoms with Crippen LogP contribution in [0.5, 0.6) is 0 Å². The summed E-state index contributed by atoms with van der Waals surface area (Å²) in [7, 11) is -3.49. The molecule has 0 aromatic heterocycles. The van der Waals surface area contributed by atoms with Gasteiger partial charge in [0.1, 0.15) is 4.90 Å². The third kappa shape index (κ3) is 3.44. The van der Waals surface area contributed by atoms with Crippen LogP contribution in [0.3, 0.4) is 0 Å². The lowest BCUT2D eigenvalue weighted by Gasteiger charge is -2.05. The first-order valence-electron chi connectivity index (χ1n) is 4.53. The van der Waals surface area contributed by atoms with Crippen molar-refractivity contribution in [3.05, 3.63) is 28.3 Å². The Morgan fingerprint density at radius 1 is 1.39 bits per heavy atom. The molecule has 2 atom stereocenters. The topological polar surface area (TPSA) is 117 Å². The lowest BCUT2D eigenvalue weighted by Crippen LogP contribution is -2.28. The molecule has 0 spiro atoms. The minimum Gasteiger partial charge on any atom is -0.549 e. The predicted octanol–water partition coefficient (Wildman–Crippen LogP) is -0.810. The highest BCUT2D eigenvalue weighted by atomic mass is 32.2. The summed E-state index contributed by atoms with van der Waals surface area (Å²) in [6.07, 6.45) is 1.34. The molecular weight excluding hydrogens is 282 g/mol. The highest BCUT2D eigenvalue weighted by molar-refractivity contribution is 7.86. The van der Waals surface area contributed by atoms with E-state index in [1.807, 2.05) is 0 Å². The third-order valence-corrected chi connectivity index (χ3v) is 4.20. The van der Waals surface area contributed by atoms with Gasteiger partial charge in [-0.2, -0.15) is 0 Å². The third-order valence-electron chi connectivity index (χ3n) is 1.95. The van der Waals surface area contributed by atoms with Crippen LogP contribution in [0.15, 0.2) is 28.0 Å². The van der Waals surface area contributed by atoms with E-state index in [1.54, 1.807) is 0 Å². The van der Waals surface area contributed by atoms with Crippen LogP contribution in [0.25, 0.3) is 0 Å². The second-order valence-electron chi connectivity index (χ2n) is 3.20. The van der Waals surface area contributed by atoms with Crippen LogP contribution in [-0.4, -0.2) is 31.3 Å². The van der Waals surface area contributed by atoms with Crippen LogP contribution in [0, 0.1) is 10.1 Å². The molecule has 0 fully saturated rings. The highest BCUT2D eigenvalue weighted by Crippen LogP contribution is 2.25. The number of benzene rings is 1. The summed E-state index contributed by atoms with van der Waals surface area (Å²) in [6.45, 7) is 0. The Labute approximate surface area is 107 Å². The number of nitro groups is 1. The lowest BCUT2D eigenvalue weighted by atomic mass is 10.3. The maximum absolute atomic E-state index is 11.6. The van der Waals surface area contributed by atoms with Crippen molar-refractivity contribution in [3.63, 3.8) is 0 Å². The van der Waals surface area contributed by atoms with Crippen molar-refractivity contribution in [2.24, 2.45) is 0 Å². The second kappa shape index (κ2) is 5.83. The molecule has 1 aromatic rings. The van der Waals surface area contributed by atoms with E-state index in [-0.39, 0.29) is 9.79 Å². The zero-order valence-corrected chi connectivity index (χ0v) is 10.8. The molecule has 7 nitrogen and oxygen atoms in total. The molecule has 0 bridgehead atoms. The number of carboxylic acids is 1. The molecule has 0 aliphatic rings. The Hall–Kier alpha value is -1.61. The van der Waals surface area contributed by atoms with Gasteiger partial charge >= 0.3 is 0 Å². The summed E-state index contributed by atoms with van der Waals surface area (Å²) < 4.78 is 22.8. The van der Waals surface area contributed by atoms with Gasteiger partial charge in [0.2, 0.25) is 0 Å². The van der Waals surface area contributed by atoms with Gasteiger partial charge in [-0.15, -0.1) is 0 Å². The molecule has 0 saturated heterocycles. The van der Waals surface area contributed by atoms with E-state index < -0.39 is 43.9 Å². The maximum atomic E-state index is 11.6. The summed E-state index contributed by atoms with van der Waals surface area (Å²) in [5.41, 5.74) is -0.512. The van der Waals surface area contributed by atoms with Gasteiger partial charge in [0.05, 0.1) is 38.2 Å². The Morgan fingerprint density at radius 3 is 2.44 bits per heavy atom. The van der Waals surface area contributed by atoms with Crippen molar-refractivity contribution >= 4 is 33.3 Å². The van der Waals surface area contributed by atoms with Crippen LogP contribution in [-0.2, 0) is 26.4 Å². The molecule has 9 heteroatoms. The minimum absolute atomic E-state index is 0.205. The average Bonchev–Trinajstić information content (AvgIpc) is 2.26. The Morgan fingerprint density at radius 2 is 2.00 bits per heavy atom. The molecule has 0 aliphatic heterocycles. The smallest absolute Gasteiger partial charge is 0.286 e. The van der Waals surface area contributed by atoms with Crippen molar-refractivity contribution in [1.82, 2.24) is 0 Å². The number of nitro benzene ring substituents is 1. The van der Waals surface area contributed by atoms with Gasteiger partial charge in [-0.25, -0.2) is 0 Å². The summed E-state index contributed by atoms with van der Waals surface area (Å²) in [4.78, 5) is 20.3. The molecule has 98 valence electrons. The number of carbonyl (C=O) groups is 1. The monoisotopic (exact) mass is 290 g/mol. The first kappa shape index (κ1) is 14.5. The van der Waals surface area contributed by atoms with E-state index in [4.69, 9.17) is 0 Å². The molecule has 0 saturated carbocycles. The number of nitrogens with zero attached hydrogens (tertiary/aromatic N) is 1. The fraction of sp³-hybridized carbons (Fsp3) is 0.222. The standard InChI is InChI=1S/C9H9NO6S2/c1-17(15)6-2-3-8(7(4-6)10(13)14)18(16)5-9(11)12/h2-4H,5H2,1H3,(H,11,12)/p-1/t17-,18+/m0/s1. The maximum Gasteiger partial charge on any atom is 0.286 e. The molecule has 0 radical (unpaired) electrons. The molecule has 0 unspecified atom stereocenters. The number of carboxylic acid groups (broad SMARTS) is 1. The van der Waals surface area contributed by atoms with E-state index in [9.17, 15) is 28.4 Å². The predicted molar refractivity (Wildman–Crippen MR) is 61.7 cm³/mol.